The molecule has 0 aromatic rings. The van der Waals surface area contributed by atoms with Gasteiger partial charge in [0.15, 0.2) is 0 Å². The molecule has 6 nitrogen and oxygen atoms in total. The van der Waals surface area contributed by atoms with Gasteiger partial charge in [-0.1, -0.05) is 0 Å². The van der Waals surface area contributed by atoms with E-state index in [1.165, 1.54) is 0 Å². The highest BCUT2D eigenvalue weighted by atomic mass is 32.2. The Kier molecular flexibility index (Phi) is 4.52. The second-order valence-electron chi connectivity index (χ2n) is 4.79. The molecule has 0 aliphatic carbocycles. The third-order valence-corrected chi connectivity index (χ3v) is 4.83. The number of hydrogen-bond donors (Lipinski definition) is 2. The highest BCUT2D eigenvalue weighted by molar-refractivity contribution is 7.99. The average molecular weight is 293 g/mol. The van der Waals surface area contributed by atoms with Crippen LogP contribution in [0.25, 0.3) is 0 Å². The lowest BCUT2D eigenvalue weighted by Crippen LogP contribution is -2.53. The van der Waals surface area contributed by atoms with Crippen molar-refractivity contribution in [3.8, 4) is 0 Å². The zero-order valence-electron chi connectivity index (χ0n) is 10.4. The highest BCUT2D eigenvalue weighted by Gasteiger charge is 2.31. The Bertz CT molecular complexity index is 407. The van der Waals surface area contributed by atoms with Crippen LogP contribution in [0.2, 0.25) is 0 Å². The fourth-order valence-electron chi connectivity index (χ4n) is 2.35. The summed E-state index contributed by atoms with van der Waals surface area (Å²) in [6.07, 6.45) is 2.80. The molecule has 8 heteroatoms. The van der Waals surface area contributed by atoms with E-state index in [4.69, 9.17) is 0 Å². The van der Waals surface area contributed by atoms with Gasteiger partial charge in [0.2, 0.25) is 15.9 Å². The Balaban J connectivity index is 1.91. The van der Waals surface area contributed by atoms with Crippen LogP contribution < -0.4 is 10.0 Å². The van der Waals surface area contributed by atoms with E-state index in [0.717, 1.165) is 37.3 Å². The summed E-state index contributed by atoms with van der Waals surface area (Å²) in [5, 5.41) is 3.15. The number of rotatable bonds is 3. The normalized spacial score (nSPS) is 29.5. The monoisotopic (exact) mass is 293 g/mol. The van der Waals surface area contributed by atoms with E-state index in [1.807, 2.05) is 0 Å². The van der Waals surface area contributed by atoms with Crippen molar-refractivity contribution in [3.63, 3.8) is 0 Å². The summed E-state index contributed by atoms with van der Waals surface area (Å²) in [5.41, 5.74) is 0. The Morgan fingerprint density at radius 1 is 1.50 bits per heavy atom. The lowest BCUT2D eigenvalue weighted by atomic mass is 10.1. The molecule has 2 saturated heterocycles. The molecule has 1 amide bonds. The first-order chi connectivity index (χ1) is 8.46. The second kappa shape index (κ2) is 5.77. The molecule has 0 saturated carbocycles. The minimum atomic E-state index is -3.20. The van der Waals surface area contributed by atoms with Crippen LogP contribution >= 0.6 is 11.8 Å². The third-order valence-electron chi connectivity index (χ3n) is 3.13. The zero-order chi connectivity index (χ0) is 13.2. The topological polar surface area (TPSA) is 78.5 Å². The van der Waals surface area contributed by atoms with Gasteiger partial charge in [-0.25, -0.2) is 13.1 Å². The van der Waals surface area contributed by atoms with E-state index in [-0.39, 0.29) is 18.0 Å². The lowest BCUT2D eigenvalue weighted by molar-refractivity contribution is -0.133. The molecule has 104 valence electrons. The van der Waals surface area contributed by atoms with E-state index >= 15 is 0 Å². The Hall–Kier alpha value is -0.310. The molecule has 2 aliphatic heterocycles. The summed E-state index contributed by atoms with van der Waals surface area (Å²) in [5.74, 6) is 1.72. The summed E-state index contributed by atoms with van der Waals surface area (Å²) >= 11 is 1.72. The van der Waals surface area contributed by atoms with Crippen molar-refractivity contribution < 1.29 is 13.2 Å². The second-order valence-corrected chi connectivity index (χ2v) is 7.60. The molecule has 0 aromatic heterocycles. The number of nitrogens with zero attached hydrogens (tertiary/aromatic N) is 1. The maximum atomic E-state index is 12.2. The van der Waals surface area contributed by atoms with Gasteiger partial charge in [-0.15, -0.1) is 11.8 Å². The third kappa shape index (κ3) is 3.84. The number of nitrogens with one attached hydrogen (secondary N) is 2. The summed E-state index contributed by atoms with van der Waals surface area (Å²) in [4.78, 5) is 14.0. The summed E-state index contributed by atoms with van der Waals surface area (Å²) in [6, 6.07) is -0.251. The SMILES string of the molecule is CS(=O)(=O)N[C@@H]1CCCN(C(=O)[C@@H]2CSCN2)C1. The molecule has 2 aliphatic rings. The number of piperidine rings is 1. The largest absolute Gasteiger partial charge is 0.340 e. The van der Waals surface area contributed by atoms with Crippen LogP contribution in [-0.2, 0) is 14.8 Å². The van der Waals surface area contributed by atoms with Gasteiger partial charge in [-0.2, -0.15) is 0 Å². The zero-order valence-corrected chi connectivity index (χ0v) is 12.0. The molecule has 0 radical (unpaired) electrons. The van der Waals surface area contributed by atoms with Gasteiger partial charge in [0, 0.05) is 30.8 Å². The number of thioether (sulfide) groups is 1. The van der Waals surface area contributed by atoms with Crippen molar-refractivity contribution in [1.29, 1.82) is 0 Å². The molecule has 2 rings (SSSR count). The molecule has 18 heavy (non-hydrogen) atoms. The summed E-state index contributed by atoms with van der Waals surface area (Å²) in [6.45, 7) is 1.21. The maximum Gasteiger partial charge on any atom is 0.240 e. The van der Waals surface area contributed by atoms with Crippen molar-refractivity contribution >= 4 is 27.7 Å². The molecular formula is C10H19N3O3S2. The predicted octanol–water partition coefficient (Wildman–Crippen LogP) is -0.811. The predicted molar refractivity (Wildman–Crippen MR) is 71.8 cm³/mol. The van der Waals surface area contributed by atoms with Crippen molar-refractivity contribution in [3.05, 3.63) is 0 Å². The highest BCUT2D eigenvalue weighted by Crippen LogP contribution is 2.16. The first-order valence-electron chi connectivity index (χ1n) is 6.03. The van der Waals surface area contributed by atoms with Gasteiger partial charge >= 0.3 is 0 Å². The molecular weight excluding hydrogens is 274 g/mol. The van der Waals surface area contributed by atoms with Crippen molar-refractivity contribution in [2.75, 3.05) is 31.0 Å². The Morgan fingerprint density at radius 2 is 2.28 bits per heavy atom. The van der Waals surface area contributed by atoms with Crippen LogP contribution in [0.5, 0.6) is 0 Å². The Labute approximate surface area is 112 Å². The molecule has 0 aromatic carbocycles. The number of carbonyl (C=O) groups excluding carboxylic acids is 1. The van der Waals surface area contributed by atoms with E-state index in [2.05, 4.69) is 10.0 Å². The number of hydrogen-bond acceptors (Lipinski definition) is 5. The van der Waals surface area contributed by atoms with Gasteiger partial charge in [0.25, 0.3) is 0 Å². The van der Waals surface area contributed by atoms with Crippen molar-refractivity contribution in [1.82, 2.24) is 14.9 Å². The fraction of sp³-hybridized carbons (Fsp3) is 0.900. The van der Waals surface area contributed by atoms with Gasteiger partial charge < -0.3 is 4.90 Å². The molecule has 2 N–H and O–H groups in total. The molecule has 2 heterocycles. The van der Waals surface area contributed by atoms with Crippen LogP contribution in [-0.4, -0.2) is 62.3 Å². The molecule has 2 atom stereocenters. The van der Waals surface area contributed by atoms with Gasteiger partial charge in [-0.05, 0) is 12.8 Å². The van der Waals surface area contributed by atoms with Crippen molar-refractivity contribution in [2.45, 2.75) is 24.9 Å². The van der Waals surface area contributed by atoms with Gasteiger partial charge in [-0.3, -0.25) is 10.1 Å². The summed E-state index contributed by atoms with van der Waals surface area (Å²) in [7, 11) is -3.20. The Morgan fingerprint density at radius 3 is 2.89 bits per heavy atom. The van der Waals surface area contributed by atoms with Crippen molar-refractivity contribution in [2.24, 2.45) is 0 Å². The van der Waals surface area contributed by atoms with E-state index in [9.17, 15) is 13.2 Å². The number of sulfonamides is 1. The van der Waals surface area contributed by atoms with Gasteiger partial charge in [0.05, 0.1) is 12.3 Å². The number of carbonyl (C=O) groups is 1. The first kappa shape index (κ1) is 14.1. The van der Waals surface area contributed by atoms with E-state index < -0.39 is 10.0 Å². The van der Waals surface area contributed by atoms with Crippen LogP contribution in [0.15, 0.2) is 0 Å². The maximum absolute atomic E-state index is 12.2. The van der Waals surface area contributed by atoms with Gasteiger partial charge in [0.1, 0.15) is 0 Å². The molecule has 2 fully saturated rings. The van der Waals surface area contributed by atoms with E-state index in [0.29, 0.717) is 6.54 Å². The summed E-state index contributed by atoms with van der Waals surface area (Å²) < 4.78 is 25.0. The first-order valence-corrected chi connectivity index (χ1v) is 9.07. The minimum Gasteiger partial charge on any atom is -0.340 e. The quantitative estimate of drug-likeness (QED) is 0.711. The van der Waals surface area contributed by atoms with E-state index in [1.54, 1.807) is 16.7 Å². The van der Waals surface area contributed by atoms with Crippen LogP contribution in [0.1, 0.15) is 12.8 Å². The number of likely N-dealkylation sites (tertiary alicyclic amines) is 1. The lowest BCUT2D eigenvalue weighted by Gasteiger charge is -2.34. The van der Waals surface area contributed by atoms with Crippen LogP contribution in [0.4, 0.5) is 0 Å². The smallest absolute Gasteiger partial charge is 0.240 e. The average Bonchev–Trinajstić information content (AvgIpc) is 2.79. The minimum absolute atomic E-state index is 0.0972. The number of amides is 1. The van der Waals surface area contributed by atoms with Crippen LogP contribution in [0.3, 0.4) is 0 Å². The molecule has 0 unspecified atom stereocenters. The van der Waals surface area contributed by atoms with Crippen LogP contribution in [0, 0.1) is 0 Å². The molecule has 0 bridgehead atoms. The standard InChI is InChI=1S/C10H19N3O3S2/c1-18(15,16)12-8-3-2-4-13(5-8)10(14)9-6-17-7-11-9/h8-9,11-12H,2-7H2,1H3/t8-,9+/m1/s1. The molecule has 0 spiro atoms. The fourth-order valence-corrected chi connectivity index (χ4v) is 4.08.